The maximum absolute atomic E-state index is 11.8. The summed E-state index contributed by atoms with van der Waals surface area (Å²) < 4.78 is 4.43. The number of nitrogens with one attached hydrogen (secondary N) is 1. The van der Waals surface area contributed by atoms with Crippen LogP contribution in [0.4, 0.5) is 0 Å². The van der Waals surface area contributed by atoms with E-state index < -0.39 is 23.9 Å². The van der Waals surface area contributed by atoms with E-state index in [2.05, 4.69) is 10.1 Å². The van der Waals surface area contributed by atoms with Crippen LogP contribution in [0.15, 0.2) is 0 Å². The zero-order valence-electron chi connectivity index (χ0n) is 12.4. The fourth-order valence-corrected chi connectivity index (χ4v) is 1.38. The summed E-state index contributed by atoms with van der Waals surface area (Å²) in [5.74, 6) is -2.15. The summed E-state index contributed by atoms with van der Waals surface area (Å²) in [6.07, 6.45) is -0.0525. The second kappa shape index (κ2) is 7.84. The van der Waals surface area contributed by atoms with E-state index >= 15 is 0 Å². The van der Waals surface area contributed by atoms with Gasteiger partial charge in [0, 0.05) is 18.9 Å². The number of amides is 1. The molecule has 0 radical (unpaired) electrons. The van der Waals surface area contributed by atoms with Gasteiger partial charge in [0.25, 0.3) is 0 Å². The lowest BCUT2D eigenvalue weighted by molar-refractivity contribution is -0.144. The molecule has 7 heteroatoms. The van der Waals surface area contributed by atoms with Gasteiger partial charge in [0.2, 0.25) is 5.91 Å². The minimum atomic E-state index is -1.19. The van der Waals surface area contributed by atoms with E-state index in [1.807, 2.05) is 20.8 Å². The van der Waals surface area contributed by atoms with Gasteiger partial charge in [-0.25, -0.2) is 4.79 Å². The Morgan fingerprint density at radius 2 is 1.85 bits per heavy atom. The van der Waals surface area contributed by atoms with Crippen LogP contribution >= 0.6 is 0 Å². The first-order chi connectivity index (χ1) is 9.07. The van der Waals surface area contributed by atoms with E-state index in [0.717, 1.165) is 0 Å². The van der Waals surface area contributed by atoms with Gasteiger partial charge in [-0.15, -0.1) is 0 Å². The summed E-state index contributed by atoms with van der Waals surface area (Å²) in [6.45, 7) is 5.70. The van der Waals surface area contributed by atoms with Crippen LogP contribution in [0.5, 0.6) is 0 Å². The number of esters is 1. The van der Waals surface area contributed by atoms with E-state index in [1.54, 1.807) is 0 Å². The van der Waals surface area contributed by atoms with Crippen molar-refractivity contribution in [2.45, 2.75) is 52.1 Å². The Labute approximate surface area is 118 Å². The number of rotatable bonds is 7. The van der Waals surface area contributed by atoms with E-state index in [1.165, 1.54) is 7.11 Å². The average molecular weight is 288 g/mol. The Bertz CT molecular complexity index is 362. The van der Waals surface area contributed by atoms with Crippen LogP contribution in [0, 0.1) is 5.41 Å². The maximum atomic E-state index is 11.8. The normalized spacial score (nSPS) is 14.2. The molecule has 2 atom stereocenters. The van der Waals surface area contributed by atoms with Crippen molar-refractivity contribution in [2.24, 2.45) is 11.1 Å². The van der Waals surface area contributed by atoms with Gasteiger partial charge in [-0.2, -0.15) is 0 Å². The quantitative estimate of drug-likeness (QED) is 0.579. The Hall–Kier alpha value is -1.63. The molecule has 20 heavy (non-hydrogen) atoms. The molecule has 0 heterocycles. The first kappa shape index (κ1) is 18.4. The molecule has 0 saturated heterocycles. The smallest absolute Gasteiger partial charge is 0.326 e. The fourth-order valence-electron chi connectivity index (χ4n) is 1.38. The van der Waals surface area contributed by atoms with Gasteiger partial charge in [-0.05, 0) is 11.8 Å². The van der Waals surface area contributed by atoms with Gasteiger partial charge in [0.15, 0.2) is 0 Å². The summed E-state index contributed by atoms with van der Waals surface area (Å²) in [5.41, 5.74) is 5.62. The van der Waals surface area contributed by atoms with Gasteiger partial charge >= 0.3 is 11.9 Å². The van der Waals surface area contributed by atoms with Crippen LogP contribution in [0.1, 0.15) is 40.0 Å². The molecule has 0 aromatic heterocycles. The zero-order chi connectivity index (χ0) is 15.9. The Kier molecular flexibility index (Phi) is 7.20. The molecule has 116 valence electrons. The second-order valence-electron chi connectivity index (χ2n) is 5.75. The molecular formula is C13H24N2O5. The summed E-state index contributed by atoms with van der Waals surface area (Å²) in [4.78, 5) is 33.8. The largest absolute Gasteiger partial charge is 0.480 e. The third-order valence-corrected chi connectivity index (χ3v) is 3.02. The van der Waals surface area contributed by atoms with Gasteiger partial charge in [-0.3, -0.25) is 9.59 Å². The van der Waals surface area contributed by atoms with Gasteiger partial charge in [0.05, 0.1) is 7.11 Å². The number of aliphatic carboxylic acids is 1. The Morgan fingerprint density at radius 3 is 2.25 bits per heavy atom. The third-order valence-electron chi connectivity index (χ3n) is 3.02. The number of ether oxygens (including phenoxy) is 1. The molecule has 0 spiro atoms. The summed E-state index contributed by atoms with van der Waals surface area (Å²) in [7, 11) is 1.22. The second-order valence-corrected chi connectivity index (χ2v) is 5.75. The van der Waals surface area contributed by atoms with Crippen LogP contribution in [0.2, 0.25) is 0 Å². The highest BCUT2D eigenvalue weighted by molar-refractivity contribution is 5.84. The molecule has 0 aromatic rings. The number of hydrogen-bond donors (Lipinski definition) is 3. The molecule has 0 aliphatic rings. The summed E-state index contributed by atoms with van der Waals surface area (Å²) in [5, 5.41) is 11.4. The number of hydrogen-bond acceptors (Lipinski definition) is 5. The average Bonchev–Trinajstić information content (AvgIpc) is 2.32. The van der Waals surface area contributed by atoms with Crippen molar-refractivity contribution in [2.75, 3.05) is 7.11 Å². The van der Waals surface area contributed by atoms with E-state index in [0.29, 0.717) is 0 Å². The molecule has 4 N–H and O–H groups in total. The van der Waals surface area contributed by atoms with Crippen molar-refractivity contribution in [1.29, 1.82) is 0 Å². The summed E-state index contributed by atoms with van der Waals surface area (Å²) in [6, 6.07) is -1.49. The van der Waals surface area contributed by atoms with Crippen LogP contribution in [0.3, 0.4) is 0 Å². The van der Waals surface area contributed by atoms with Gasteiger partial charge in [-0.1, -0.05) is 20.8 Å². The molecule has 0 aliphatic heterocycles. The number of methoxy groups -OCH3 is 1. The van der Waals surface area contributed by atoms with Crippen molar-refractivity contribution in [1.82, 2.24) is 5.32 Å². The minimum Gasteiger partial charge on any atom is -0.480 e. The number of nitrogens with two attached hydrogens (primary N) is 1. The third kappa shape index (κ3) is 7.08. The first-order valence-corrected chi connectivity index (χ1v) is 6.42. The monoisotopic (exact) mass is 288 g/mol. The Balaban J connectivity index is 4.42. The molecule has 7 nitrogen and oxygen atoms in total. The van der Waals surface area contributed by atoms with Crippen molar-refractivity contribution in [3.63, 3.8) is 0 Å². The molecule has 0 fully saturated rings. The van der Waals surface area contributed by atoms with Crippen molar-refractivity contribution in [3.8, 4) is 0 Å². The standard InChI is InChI=1S/C13H24N2O5/c1-13(2,3)9(14)7-10(16)15-8(12(18)19)5-6-11(17)20-4/h8-9H,5-7,14H2,1-4H3,(H,15,16)(H,18,19)/t8-,9?/m0/s1. The maximum Gasteiger partial charge on any atom is 0.326 e. The van der Waals surface area contributed by atoms with Crippen molar-refractivity contribution < 1.29 is 24.2 Å². The molecule has 0 saturated carbocycles. The van der Waals surface area contributed by atoms with Crippen LogP contribution in [0.25, 0.3) is 0 Å². The molecule has 0 rings (SSSR count). The number of carboxylic acids is 1. The van der Waals surface area contributed by atoms with Gasteiger partial charge < -0.3 is 20.9 Å². The minimum absolute atomic E-state index is 0.0154. The fraction of sp³-hybridized carbons (Fsp3) is 0.769. The number of carbonyl (C=O) groups is 3. The van der Waals surface area contributed by atoms with E-state index in [9.17, 15) is 14.4 Å². The van der Waals surface area contributed by atoms with Crippen LogP contribution < -0.4 is 11.1 Å². The number of carbonyl (C=O) groups excluding carboxylic acids is 2. The topological polar surface area (TPSA) is 119 Å². The predicted octanol–water partition coefficient (Wildman–Crippen LogP) is 0.273. The lowest BCUT2D eigenvalue weighted by Gasteiger charge is -2.27. The lowest BCUT2D eigenvalue weighted by Crippen LogP contribution is -2.45. The highest BCUT2D eigenvalue weighted by Gasteiger charge is 2.26. The molecule has 1 unspecified atom stereocenters. The Morgan fingerprint density at radius 1 is 1.30 bits per heavy atom. The molecule has 0 bridgehead atoms. The lowest BCUT2D eigenvalue weighted by atomic mass is 9.85. The molecule has 0 aromatic carbocycles. The van der Waals surface area contributed by atoms with E-state index in [-0.39, 0.29) is 30.7 Å². The first-order valence-electron chi connectivity index (χ1n) is 6.42. The summed E-state index contributed by atoms with van der Waals surface area (Å²) >= 11 is 0. The van der Waals surface area contributed by atoms with Gasteiger partial charge in [0.1, 0.15) is 6.04 Å². The number of carboxylic acid groups (broad SMARTS) is 1. The van der Waals surface area contributed by atoms with Crippen molar-refractivity contribution in [3.05, 3.63) is 0 Å². The van der Waals surface area contributed by atoms with Crippen LogP contribution in [-0.4, -0.2) is 42.1 Å². The van der Waals surface area contributed by atoms with Crippen molar-refractivity contribution >= 4 is 17.8 Å². The molecule has 0 aliphatic carbocycles. The van der Waals surface area contributed by atoms with Crippen LogP contribution in [-0.2, 0) is 19.1 Å². The molecular weight excluding hydrogens is 264 g/mol. The highest BCUT2D eigenvalue weighted by Crippen LogP contribution is 2.19. The van der Waals surface area contributed by atoms with E-state index in [4.69, 9.17) is 10.8 Å². The predicted molar refractivity (Wildman–Crippen MR) is 72.9 cm³/mol. The zero-order valence-corrected chi connectivity index (χ0v) is 12.4. The molecule has 1 amide bonds. The SMILES string of the molecule is COC(=O)CC[C@H](NC(=O)CC(N)C(C)(C)C)C(=O)O. The highest BCUT2D eigenvalue weighted by atomic mass is 16.5.